The van der Waals surface area contributed by atoms with Crippen molar-refractivity contribution in [2.75, 3.05) is 39.3 Å². The lowest BCUT2D eigenvalue weighted by Crippen LogP contribution is -2.47. The highest BCUT2D eigenvalue weighted by molar-refractivity contribution is 4.89. The second-order valence-corrected chi connectivity index (χ2v) is 6.06. The van der Waals surface area contributed by atoms with E-state index in [0.29, 0.717) is 0 Å². The van der Waals surface area contributed by atoms with E-state index in [0.717, 1.165) is 12.1 Å². The molecule has 3 rings (SSSR count). The maximum absolute atomic E-state index is 3.79. The summed E-state index contributed by atoms with van der Waals surface area (Å²) in [4.78, 5) is 5.32. The summed E-state index contributed by atoms with van der Waals surface area (Å²) in [6.45, 7) is 7.85. The van der Waals surface area contributed by atoms with Crippen LogP contribution in [-0.2, 0) is 0 Å². The van der Waals surface area contributed by atoms with E-state index in [2.05, 4.69) is 15.1 Å². The second kappa shape index (κ2) is 5.68. The highest BCUT2D eigenvalue weighted by Gasteiger charge is 2.31. The van der Waals surface area contributed by atoms with Gasteiger partial charge >= 0.3 is 0 Å². The molecule has 2 atom stereocenters. The molecule has 2 unspecified atom stereocenters. The monoisotopic (exact) mass is 237 g/mol. The van der Waals surface area contributed by atoms with Crippen molar-refractivity contribution in [2.45, 2.75) is 50.6 Å². The van der Waals surface area contributed by atoms with Crippen molar-refractivity contribution in [2.24, 2.45) is 0 Å². The number of likely N-dealkylation sites (tertiary alicyclic amines) is 1. The van der Waals surface area contributed by atoms with Crippen LogP contribution in [0.25, 0.3) is 0 Å². The molecule has 0 saturated carbocycles. The van der Waals surface area contributed by atoms with Gasteiger partial charge in [-0.3, -0.25) is 0 Å². The molecule has 0 aromatic rings. The number of hydrogen-bond donors (Lipinski definition) is 1. The smallest absolute Gasteiger partial charge is 0.0111 e. The van der Waals surface area contributed by atoms with E-state index >= 15 is 0 Å². The molecule has 1 N–H and O–H groups in total. The molecule has 17 heavy (non-hydrogen) atoms. The minimum absolute atomic E-state index is 0.803. The Balaban J connectivity index is 1.34. The van der Waals surface area contributed by atoms with Crippen molar-refractivity contribution in [1.82, 2.24) is 15.1 Å². The molecule has 3 heterocycles. The maximum Gasteiger partial charge on any atom is 0.0111 e. The van der Waals surface area contributed by atoms with Crippen LogP contribution in [0.1, 0.15) is 38.5 Å². The molecule has 3 aliphatic heterocycles. The zero-order valence-corrected chi connectivity index (χ0v) is 11.0. The number of piperidine rings is 1. The summed E-state index contributed by atoms with van der Waals surface area (Å²) in [5.74, 6) is 0. The highest BCUT2D eigenvalue weighted by atomic mass is 15.2. The first-order valence-corrected chi connectivity index (χ1v) is 7.61. The Morgan fingerprint density at radius 3 is 2.71 bits per heavy atom. The molecule has 0 aromatic carbocycles. The van der Waals surface area contributed by atoms with Crippen LogP contribution in [0, 0.1) is 0 Å². The van der Waals surface area contributed by atoms with Crippen LogP contribution in [0.5, 0.6) is 0 Å². The Hall–Kier alpha value is -0.120. The van der Waals surface area contributed by atoms with Crippen LogP contribution >= 0.6 is 0 Å². The average molecular weight is 237 g/mol. The quantitative estimate of drug-likeness (QED) is 0.795. The van der Waals surface area contributed by atoms with Crippen molar-refractivity contribution in [3.63, 3.8) is 0 Å². The van der Waals surface area contributed by atoms with Gasteiger partial charge in [0.1, 0.15) is 0 Å². The largest absolute Gasteiger partial charge is 0.313 e. The second-order valence-electron chi connectivity index (χ2n) is 6.06. The molecule has 3 nitrogen and oxygen atoms in total. The third-order valence-electron chi connectivity index (χ3n) is 4.88. The third kappa shape index (κ3) is 3.01. The highest BCUT2D eigenvalue weighted by Crippen LogP contribution is 2.26. The zero-order valence-electron chi connectivity index (χ0n) is 11.0. The standard InChI is InChI=1S/C14H27N3/c1-2-8-16(7-1)11-6-15-13-5-10-17-9-3-4-14(17)12-13/h13-15H,1-12H2. The summed E-state index contributed by atoms with van der Waals surface area (Å²) in [6, 6.07) is 1.71. The lowest BCUT2D eigenvalue weighted by atomic mass is 9.98. The first-order valence-electron chi connectivity index (χ1n) is 7.61. The molecule has 3 saturated heterocycles. The molecule has 98 valence electrons. The van der Waals surface area contributed by atoms with Crippen molar-refractivity contribution < 1.29 is 0 Å². The van der Waals surface area contributed by atoms with Crippen molar-refractivity contribution in [3.8, 4) is 0 Å². The van der Waals surface area contributed by atoms with Crippen LogP contribution in [0.3, 0.4) is 0 Å². The minimum Gasteiger partial charge on any atom is -0.313 e. The Morgan fingerprint density at radius 2 is 1.82 bits per heavy atom. The number of nitrogens with one attached hydrogen (secondary N) is 1. The topological polar surface area (TPSA) is 18.5 Å². The van der Waals surface area contributed by atoms with Crippen LogP contribution in [0.2, 0.25) is 0 Å². The van der Waals surface area contributed by atoms with E-state index in [1.807, 2.05) is 0 Å². The van der Waals surface area contributed by atoms with Crippen molar-refractivity contribution in [3.05, 3.63) is 0 Å². The van der Waals surface area contributed by atoms with Crippen LogP contribution < -0.4 is 5.32 Å². The predicted molar refractivity (Wildman–Crippen MR) is 71.3 cm³/mol. The van der Waals surface area contributed by atoms with Gasteiger partial charge in [-0.25, -0.2) is 0 Å². The molecule has 0 radical (unpaired) electrons. The van der Waals surface area contributed by atoms with E-state index < -0.39 is 0 Å². The molecule has 0 aliphatic carbocycles. The van der Waals surface area contributed by atoms with Gasteiger partial charge in [0.2, 0.25) is 0 Å². The number of rotatable bonds is 4. The van der Waals surface area contributed by atoms with E-state index in [1.54, 1.807) is 0 Å². The van der Waals surface area contributed by atoms with E-state index in [1.165, 1.54) is 77.8 Å². The summed E-state index contributed by atoms with van der Waals surface area (Å²) >= 11 is 0. The summed E-state index contributed by atoms with van der Waals surface area (Å²) in [5, 5.41) is 3.79. The summed E-state index contributed by atoms with van der Waals surface area (Å²) in [7, 11) is 0. The first-order chi connectivity index (χ1) is 8.42. The molecule has 3 fully saturated rings. The molecule has 0 amide bonds. The molecule has 3 aliphatic rings. The third-order valence-corrected chi connectivity index (χ3v) is 4.88. The lowest BCUT2D eigenvalue weighted by Gasteiger charge is -2.35. The van der Waals surface area contributed by atoms with Gasteiger partial charge in [0.25, 0.3) is 0 Å². The van der Waals surface area contributed by atoms with Crippen LogP contribution in [0.4, 0.5) is 0 Å². The zero-order chi connectivity index (χ0) is 11.5. The van der Waals surface area contributed by atoms with Gasteiger partial charge in [0, 0.05) is 25.2 Å². The predicted octanol–water partition coefficient (Wildman–Crippen LogP) is 1.30. The van der Waals surface area contributed by atoms with Gasteiger partial charge in [-0.1, -0.05) is 0 Å². The van der Waals surface area contributed by atoms with Gasteiger partial charge < -0.3 is 15.1 Å². The Kier molecular flexibility index (Phi) is 3.99. The summed E-state index contributed by atoms with van der Waals surface area (Å²) in [5.41, 5.74) is 0. The molecule has 0 aromatic heterocycles. The number of fused-ring (bicyclic) bond motifs is 1. The summed E-state index contributed by atoms with van der Waals surface area (Å²) < 4.78 is 0. The van der Waals surface area contributed by atoms with Crippen LogP contribution in [-0.4, -0.2) is 61.2 Å². The van der Waals surface area contributed by atoms with E-state index in [4.69, 9.17) is 0 Å². The van der Waals surface area contributed by atoms with Gasteiger partial charge in [-0.05, 0) is 64.7 Å². The molecule has 3 heteroatoms. The van der Waals surface area contributed by atoms with Crippen molar-refractivity contribution in [1.29, 1.82) is 0 Å². The Labute approximate surface area is 106 Å². The fourth-order valence-electron chi connectivity index (χ4n) is 3.84. The van der Waals surface area contributed by atoms with Crippen molar-refractivity contribution >= 4 is 0 Å². The number of hydrogen-bond acceptors (Lipinski definition) is 3. The summed E-state index contributed by atoms with van der Waals surface area (Å²) in [6.07, 6.45) is 8.49. The van der Waals surface area contributed by atoms with Gasteiger partial charge in [0.05, 0.1) is 0 Å². The normalized spacial score (nSPS) is 35.3. The Morgan fingerprint density at radius 1 is 0.941 bits per heavy atom. The number of nitrogens with zero attached hydrogens (tertiary/aromatic N) is 2. The fraction of sp³-hybridized carbons (Fsp3) is 1.00. The molecular formula is C14H27N3. The van der Waals surface area contributed by atoms with E-state index in [-0.39, 0.29) is 0 Å². The minimum atomic E-state index is 0.803. The SMILES string of the molecule is C1CCN(CCNC2CCN3CCCC3C2)C1. The first kappa shape index (κ1) is 11.9. The molecule has 0 spiro atoms. The van der Waals surface area contributed by atoms with E-state index in [9.17, 15) is 0 Å². The average Bonchev–Trinajstić information content (AvgIpc) is 2.98. The fourth-order valence-corrected chi connectivity index (χ4v) is 3.84. The molecular weight excluding hydrogens is 210 g/mol. The van der Waals surface area contributed by atoms with Crippen LogP contribution in [0.15, 0.2) is 0 Å². The van der Waals surface area contributed by atoms with Gasteiger partial charge in [0.15, 0.2) is 0 Å². The molecule has 0 bridgehead atoms. The maximum atomic E-state index is 3.79. The lowest BCUT2D eigenvalue weighted by molar-refractivity contribution is 0.165. The Bertz CT molecular complexity index is 238. The van der Waals surface area contributed by atoms with Gasteiger partial charge in [-0.15, -0.1) is 0 Å². The van der Waals surface area contributed by atoms with Gasteiger partial charge in [-0.2, -0.15) is 0 Å².